The molecule has 1 N–H and O–H groups in total. The van der Waals surface area contributed by atoms with Crippen LogP contribution in [0.3, 0.4) is 0 Å². The van der Waals surface area contributed by atoms with Crippen molar-refractivity contribution in [3.63, 3.8) is 0 Å². The SMILES string of the molecule is COCCNCC1(c2ccc(C)c(C)c2)CCCC1. The van der Waals surface area contributed by atoms with E-state index in [1.165, 1.54) is 42.4 Å². The van der Waals surface area contributed by atoms with Crippen LogP contribution in [0.25, 0.3) is 0 Å². The van der Waals surface area contributed by atoms with Crippen LogP contribution in [0.2, 0.25) is 0 Å². The van der Waals surface area contributed by atoms with E-state index in [0.717, 1.165) is 19.7 Å². The molecule has 1 aromatic carbocycles. The maximum absolute atomic E-state index is 5.12. The van der Waals surface area contributed by atoms with E-state index in [-0.39, 0.29) is 0 Å². The number of aryl methyl sites for hydroxylation is 2. The molecule has 0 saturated heterocycles. The summed E-state index contributed by atoms with van der Waals surface area (Å²) in [6, 6.07) is 7.02. The normalized spacial score (nSPS) is 17.8. The van der Waals surface area contributed by atoms with Gasteiger partial charge in [0.2, 0.25) is 0 Å². The van der Waals surface area contributed by atoms with Gasteiger partial charge in [-0.25, -0.2) is 0 Å². The molecule has 19 heavy (non-hydrogen) atoms. The Morgan fingerprint density at radius 2 is 1.89 bits per heavy atom. The van der Waals surface area contributed by atoms with Crippen LogP contribution in [0.1, 0.15) is 42.4 Å². The predicted octanol–water partition coefficient (Wildman–Crippen LogP) is 3.35. The minimum Gasteiger partial charge on any atom is -0.383 e. The van der Waals surface area contributed by atoms with Crippen LogP contribution in [-0.4, -0.2) is 26.8 Å². The van der Waals surface area contributed by atoms with Crippen molar-refractivity contribution in [1.29, 1.82) is 0 Å². The van der Waals surface area contributed by atoms with Crippen LogP contribution in [0, 0.1) is 13.8 Å². The molecule has 2 nitrogen and oxygen atoms in total. The first-order valence-electron chi connectivity index (χ1n) is 7.45. The maximum Gasteiger partial charge on any atom is 0.0587 e. The highest BCUT2D eigenvalue weighted by atomic mass is 16.5. The number of benzene rings is 1. The maximum atomic E-state index is 5.12. The molecule has 2 heteroatoms. The van der Waals surface area contributed by atoms with Gasteiger partial charge in [0.15, 0.2) is 0 Å². The predicted molar refractivity (Wildman–Crippen MR) is 80.8 cm³/mol. The molecule has 1 aliphatic carbocycles. The summed E-state index contributed by atoms with van der Waals surface area (Å²) in [6.07, 6.45) is 5.35. The van der Waals surface area contributed by atoms with Gasteiger partial charge in [-0.1, -0.05) is 31.0 Å². The number of ether oxygens (including phenoxy) is 1. The van der Waals surface area contributed by atoms with E-state index in [2.05, 4.69) is 37.4 Å². The molecule has 0 spiro atoms. The van der Waals surface area contributed by atoms with Gasteiger partial charge in [0, 0.05) is 25.6 Å². The molecule has 2 rings (SSSR count). The molecule has 0 amide bonds. The molecule has 0 heterocycles. The van der Waals surface area contributed by atoms with Crippen molar-refractivity contribution in [3.05, 3.63) is 34.9 Å². The van der Waals surface area contributed by atoms with Crippen molar-refractivity contribution in [2.75, 3.05) is 26.8 Å². The first kappa shape index (κ1) is 14.5. The van der Waals surface area contributed by atoms with Gasteiger partial charge in [-0.2, -0.15) is 0 Å². The van der Waals surface area contributed by atoms with Crippen molar-refractivity contribution in [2.45, 2.75) is 44.9 Å². The fraction of sp³-hybridized carbons (Fsp3) is 0.647. The van der Waals surface area contributed by atoms with Crippen molar-refractivity contribution < 1.29 is 4.74 Å². The highest BCUT2D eigenvalue weighted by Crippen LogP contribution is 2.41. The number of hydrogen-bond donors (Lipinski definition) is 1. The summed E-state index contributed by atoms with van der Waals surface area (Å²) in [5.41, 5.74) is 4.69. The third-order valence-corrected chi connectivity index (χ3v) is 4.63. The molecular weight excluding hydrogens is 234 g/mol. The average Bonchev–Trinajstić information content (AvgIpc) is 2.88. The minimum absolute atomic E-state index is 0.353. The fourth-order valence-corrected chi connectivity index (χ4v) is 3.19. The summed E-state index contributed by atoms with van der Waals surface area (Å²) in [7, 11) is 1.76. The first-order chi connectivity index (χ1) is 9.18. The minimum atomic E-state index is 0.353. The molecule has 1 aromatic rings. The second kappa shape index (κ2) is 6.53. The van der Waals surface area contributed by atoms with E-state index in [4.69, 9.17) is 4.74 Å². The first-order valence-corrected chi connectivity index (χ1v) is 7.45. The summed E-state index contributed by atoms with van der Waals surface area (Å²) in [5, 5.41) is 3.58. The average molecular weight is 261 g/mol. The lowest BCUT2D eigenvalue weighted by atomic mass is 9.78. The Balaban J connectivity index is 2.11. The van der Waals surface area contributed by atoms with E-state index >= 15 is 0 Å². The third kappa shape index (κ3) is 3.37. The highest BCUT2D eigenvalue weighted by Gasteiger charge is 2.35. The number of hydrogen-bond acceptors (Lipinski definition) is 2. The third-order valence-electron chi connectivity index (χ3n) is 4.63. The van der Waals surface area contributed by atoms with Gasteiger partial charge in [0.25, 0.3) is 0 Å². The van der Waals surface area contributed by atoms with Crippen LogP contribution in [-0.2, 0) is 10.2 Å². The van der Waals surface area contributed by atoms with E-state index in [0.29, 0.717) is 5.41 Å². The molecule has 0 aromatic heterocycles. The fourth-order valence-electron chi connectivity index (χ4n) is 3.19. The lowest BCUT2D eigenvalue weighted by Gasteiger charge is -2.31. The van der Waals surface area contributed by atoms with Gasteiger partial charge in [-0.15, -0.1) is 0 Å². The molecular formula is C17H27NO. The smallest absolute Gasteiger partial charge is 0.0587 e. The van der Waals surface area contributed by atoms with E-state index in [1.807, 2.05) is 0 Å². The van der Waals surface area contributed by atoms with Gasteiger partial charge < -0.3 is 10.1 Å². The molecule has 1 aliphatic rings. The molecule has 0 aliphatic heterocycles. The Morgan fingerprint density at radius 3 is 2.53 bits per heavy atom. The van der Waals surface area contributed by atoms with Gasteiger partial charge in [-0.3, -0.25) is 0 Å². The van der Waals surface area contributed by atoms with Gasteiger partial charge in [0.1, 0.15) is 0 Å². The van der Waals surface area contributed by atoms with E-state index in [1.54, 1.807) is 7.11 Å². The summed E-state index contributed by atoms with van der Waals surface area (Å²) >= 11 is 0. The van der Waals surface area contributed by atoms with Gasteiger partial charge in [0.05, 0.1) is 6.61 Å². The van der Waals surface area contributed by atoms with Crippen molar-refractivity contribution in [1.82, 2.24) is 5.32 Å². The zero-order valence-corrected chi connectivity index (χ0v) is 12.6. The second-order valence-corrected chi connectivity index (χ2v) is 5.96. The highest BCUT2D eigenvalue weighted by molar-refractivity contribution is 5.35. The summed E-state index contributed by atoms with van der Waals surface area (Å²) in [4.78, 5) is 0. The largest absolute Gasteiger partial charge is 0.383 e. The van der Waals surface area contributed by atoms with Crippen molar-refractivity contribution in [2.24, 2.45) is 0 Å². The summed E-state index contributed by atoms with van der Waals surface area (Å²) in [5.74, 6) is 0. The van der Waals surface area contributed by atoms with Crippen LogP contribution in [0.15, 0.2) is 18.2 Å². The van der Waals surface area contributed by atoms with Crippen LogP contribution >= 0.6 is 0 Å². The molecule has 1 fully saturated rings. The molecule has 106 valence electrons. The van der Waals surface area contributed by atoms with E-state index < -0.39 is 0 Å². The lowest BCUT2D eigenvalue weighted by Crippen LogP contribution is -2.37. The molecule has 1 saturated carbocycles. The Morgan fingerprint density at radius 1 is 1.16 bits per heavy atom. The molecule has 0 atom stereocenters. The number of methoxy groups -OCH3 is 1. The van der Waals surface area contributed by atoms with Crippen LogP contribution < -0.4 is 5.32 Å². The Bertz CT molecular complexity index is 408. The number of rotatable bonds is 6. The summed E-state index contributed by atoms with van der Waals surface area (Å²) in [6.45, 7) is 7.24. The topological polar surface area (TPSA) is 21.3 Å². The van der Waals surface area contributed by atoms with E-state index in [9.17, 15) is 0 Å². The van der Waals surface area contributed by atoms with Crippen LogP contribution in [0.5, 0.6) is 0 Å². The number of nitrogens with one attached hydrogen (secondary N) is 1. The Kier molecular flexibility index (Phi) is 5.00. The lowest BCUT2D eigenvalue weighted by molar-refractivity contribution is 0.196. The quantitative estimate of drug-likeness (QED) is 0.793. The second-order valence-electron chi connectivity index (χ2n) is 5.96. The summed E-state index contributed by atoms with van der Waals surface area (Å²) < 4.78 is 5.12. The van der Waals surface area contributed by atoms with Crippen molar-refractivity contribution in [3.8, 4) is 0 Å². The monoisotopic (exact) mass is 261 g/mol. The van der Waals surface area contributed by atoms with Gasteiger partial charge >= 0.3 is 0 Å². The van der Waals surface area contributed by atoms with Crippen molar-refractivity contribution >= 4 is 0 Å². The molecule has 0 radical (unpaired) electrons. The zero-order chi connectivity index (χ0) is 13.7. The Labute approximate surface area is 117 Å². The molecule has 0 bridgehead atoms. The van der Waals surface area contributed by atoms with Crippen LogP contribution in [0.4, 0.5) is 0 Å². The zero-order valence-electron chi connectivity index (χ0n) is 12.6. The Hall–Kier alpha value is -0.860. The molecule has 0 unspecified atom stereocenters. The van der Waals surface area contributed by atoms with Gasteiger partial charge in [-0.05, 0) is 43.4 Å². The standard InChI is InChI=1S/C17H27NO/c1-14-6-7-16(12-15(14)2)17(8-4-5-9-17)13-18-10-11-19-3/h6-7,12,18H,4-5,8-11,13H2,1-3H3.